The number of fused-ring (bicyclic) bond motifs is 1. The zero-order valence-corrected chi connectivity index (χ0v) is 12.3. The van der Waals surface area contributed by atoms with Gasteiger partial charge in [-0.2, -0.15) is 0 Å². The number of cyclic esters (lactones) is 1. The molecule has 2 saturated heterocycles. The van der Waals surface area contributed by atoms with Gasteiger partial charge in [-0.05, 0) is 18.6 Å². The number of benzene rings is 1. The van der Waals surface area contributed by atoms with E-state index in [2.05, 4.69) is 0 Å². The Hall–Kier alpha value is -1.66. The molecule has 3 rings (SSSR count). The smallest absolute Gasteiger partial charge is 0.411 e. The van der Waals surface area contributed by atoms with Crippen molar-refractivity contribution in [2.75, 3.05) is 6.54 Å². The number of carbonyl (C=O) groups excluding carboxylic acids is 2. The number of halogens is 2. The number of ether oxygens (including phenoxy) is 1. The summed E-state index contributed by atoms with van der Waals surface area (Å²) in [6.45, 7) is 0.293. The monoisotopic (exact) mass is 330 g/mol. The fourth-order valence-electron chi connectivity index (χ4n) is 3.02. The van der Waals surface area contributed by atoms with Gasteiger partial charge >= 0.3 is 6.09 Å². The van der Waals surface area contributed by atoms with Crippen LogP contribution in [0.15, 0.2) is 12.1 Å². The lowest BCUT2D eigenvalue weighted by Crippen LogP contribution is -2.38. The van der Waals surface area contributed by atoms with Gasteiger partial charge in [-0.25, -0.2) is 4.79 Å². The lowest BCUT2D eigenvalue weighted by atomic mass is 9.93. The van der Waals surface area contributed by atoms with Gasteiger partial charge in [0.1, 0.15) is 5.75 Å². The first-order valence-electron chi connectivity index (χ1n) is 6.33. The van der Waals surface area contributed by atoms with Gasteiger partial charge in [0.15, 0.2) is 0 Å². The van der Waals surface area contributed by atoms with E-state index in [1.807, 2.05) is 0 Å². The zero-order chi connectivity index (χ0) is 15.3. The Bertz CT molecular complexity index is 637. The van der Waals surface area contributed by atoms with Crippen LogP contribution < -0.4 is 5.73 Å². The molecule has 2 heterocycles. The highest BCUT2D eigenvalue weighted by Crippen LogP contribution is 2.45. The minimum Gasteiger partial charge on any atom is -0.508 e. The maximum Gasteiger partial charge on any atom is 0.411 e. The number of hydrogen-bond donors (Lipinski definition) is 2. The number of primary amides is 1. The number of amides is 2. The fraction of sp³-hybridized carbons (Fsp3) is 0.385. The van der Waals surface area contributed by atoms with Crippen molar-refractivity contribution >= 4 is 35.2 Å². The van der Waals surface area contributed by atoms with E-state index < -0.39 is 24.1 Å². The van der Waals surface area contributed by atoms with Crippen molar-refractivity contribution in [1.29, 1.82) is 0 Å². The van der Waals surface area contributed by atoms with E-state index in [1.54, 1.807) is 0 Å². The Labute approximate surface area is 130 Å². The normalized spacial score (nSPS) is 27.6. The predicted octanol–water partition coefficient (Wildman–Crippen LogP) is 1.86. The number of carbonyl (C=O) groups is 2. The van der Waals surface area contributed by atoms with E-state index in [-0.39, 0.29) is 16.7 Å². The molecule has 0 radical (unpaired) electrons. The quantitative estimate of drug-likeness (QED) is 0.865. The largest absolute Gasteiger partial charge is 0.508 e. The molecule has 3 atom stereocenters. The van der Waals surface area contributed by atoms with Crippen molar-refractivity contribution in [3.63, 3.8) is 0 Å². The molecule has 0 unspecified atom stereocenters. The van der Waals surface area contributed by atoms with Crippen LogP contribution in [0.1, 0.15) is 17.9 Å². The van der Waals surface area contributed by atoms with E-state index in [4.69, 9.17) is 33.7 Å². The molecule has 2 amide bonds. The van der Waals surface area contributed by atoms with E-state index in [1.165, 1.54) is 17.0 Å². The number of nitrogens with zero attached hydrogens (tertiary/aromatic N) is 1. The number of phenols is 1. The van der Waals surface area contributed by atoms with Gasteiger partial charge in [-0.1, -0.05) is 23.2 Å². The molecule has 0 saturated carbocycles. The molecule has 21 heavy (non-hydrogen) atoms. The number of nitrogens with two attached hydrogens (primary N) is 1. The zero-order valence-electron chi connectivity index (χ0n) is 10.8. The highest BCUT2D eigenvalue weighted by atomic mass is 35.5. The van der Waals surface area contributed by atoms with Gasteiger partial charge in [-0.3, -0.25) is 4.79 Å². The van der Waals surface area contributed by atoms with Gasteiger partial charge in [-0.15, -0.1) is 0 Å². The Morgan fingerprint density at radius 3 is 2.81 bits per heavy atom. The molecule has 8 heteroatoms. The van der Waals surface area contributed by atoms with Crippen LogP contribution in [-0.2, 0) is 9.53 Å². The molecule has 2 aliphatic heterocycles. The first-order valence-corrected chi connectivity index (χ1v) is 7.09. The Balaban J connectivity index is 1.93. The van der Waals surface area contributed by atoms with Gasteiger partial charge in [0.2, 0.25) is 6.10 Å². The van der Waals surface area contributed by atoms with E-state index in [9.17, 15) is 14.7 Å². The second kappa shape index (κ2) is 4.96. The molecule has 2 aliphatic rings. The molecule has 112 valence electrons. The van der Waals surface area contributed by atoms with Crippen molar-refractivity contribution in [3.05, 3.63) is 27.7 Å². The highest BCUT2D eigenvalue weighted by molar-refractivity contribution is 6.42. The molecular weight excluding hydrogens is 319 g/mol. The van der Waals surface area contributed by atoms with Crippen LogP contribution in [0.25, 0.3) is 0 Å². The van der Waals surface area contributed by atoms with Crippen molar-refractivity contribution in [1.82, 2.24) is 4.90 Å². The van der Waals surface area contributed by atoms with Gasteiger partial charge in [0.05, 0.1) is 16.1 Å². The topological polar surface area (TPSA) is 92.9 Å². The van der Waals surface area contributed by atoms with Crippen LogP contribution in [0.3, 0.4) is 0 Å². The lowest BCUT2D eigenvalue weighted by Gasteiger charge is -2.16. The minimum atomic E-state index is -0.970. The SMILES string of the molecule is NC(=O)[C@H]1OC(=O)N2C[C@@H](c3c(O)ccc(Cl)c3Cl)C[C@@H]12. The van der Waals surface area contributed by atoms with Gasteiger partial charge in [0, 0.05) is 18.0 Å². The summed E-state index contributed by atoms with van der Waals surface area (Å²) in [4.78, 5) is 24.5. The number of phenolic OH excluding ortho intramolecular Hbond substituents is 1. The average molecular weight is 331 g/mol. The standard InChI is InChI=1S/C13H12Cl2N2O4/c14-6-1-2-8(18)9(10(6)15)5-3-7-11(12(16)19)21-13(20)17(7)4-5/h1-2,5,7,11,18H,3-4H2,(H2,16,19)/t5-,7-,11-/m0/s1. The molecule has 0 aliphatic carbocycles. The predicted molar refractivity (Wildman–Crippen MR) is 75.4 cm³/mol. The van der Waals surface area contributed by atoms with Gasteiger partial charge < -0.3 is 20.5 Å². The molecule has 0 bridgehead atoms. The van der Waals surface area contributed by atoms with E-state index >= 15 is 0 Å². The maximum absolute atomic E-state index is 11.8. The Morgan fingerprint density at radius 2 is 2.14 bits per heavy atom. The van der Waals surface area contributed by atoms with Crippen molar-refractivity contribution < 1.29 is 19.4 Å². The fourth-order valence-corrected chi connectivity index (χ4v) is 3.50. The minimum absolute atomic E-state index is 0.0135. The Morgan fingerprint density at radius 1 is 1.43 bits per heavy atom. The van der Waals surface area contributed by atoms with Crippen molar-refractivity contribution in [2.24, 2.45) is 5.73 Å². The molecule has 0 spiro atoms. The van der Waals surface area contributed by atoms with Crippen LogP contribution in [0.5, 0.6) is 5.75 Å². The summed E-state index contributed by atoms with van der Waals surface area (Å²) in [7, 11) is 0. The summed E-state index contributed by atoms with van der Waals surface area (Å²) in [5, 5.41) is 10.6. The summed E-state index contributed by atoms with van der Waals surface area (Å²) in [6.07, 6.45) is -1.13. The average Bonchev–Trinajstić information content (AvgIpc) is 2.96. The highest BCUT2D eigenvalue weighted by Gasteiger charge is 2.51. The molecule has 6 nitrogen and oxygen atoms in total. The molecule has 0 aromatic heterocycles. The summed E-state index contributed by atoms with van der Waals surface area (Å²) in [5.41, 5.74) is 5.73. The summed E-state index contributed by atoms with van der Waals surface area (Å²) >= 11 is 12.1. The second-order valence-corrected chi connectivity index (χ2v) is 5.94. The third kappa shape index (κ3) is 2.18. The Kier molecular flexibility index (Phi) is 3.37. The summed E-state index contributed by atoms with van der Waals surface area (Å²) < 4.78 is 4.95. The van der Waals surface area contributed by atoms with Crippen LogP contribution >= 0.6 is 23.2 Å². The van der Waals surface area contributed by atoms with Crippen LogP contribution in [0.2, 0.25) is 10.0 Å². The first-order chi connectivity index (χ1) is 9.90. The van der Waals surface area contributed by atoms with Crippen LogP contribution in [0, 0.1) is 0 Å². The van der Waals surface area contributed by atoms with E-state index in [0.717, 1.165) is 0 Å². The number of hydrogen-bond acceptors (Lipinski definition) is 4. The third-order valence-corrected chi connectivity index (χ3v) is 4.77. The molecule has 3 N–H and O–H groups in total. The summed E-state index contributed by atoms with van der Waals surface area (Å²) in [6, 6.07) is 2.52. The number of rotatable bonds is 2. The number of aromatic hydroxyl groups is 1. The first kappa shape index (κ1) is 14.3. The molecule has 1 aromatic carbocycles. The van der Waals surface area contributed by atoms with Crippen LogP contribution in [0.4, 0.5) is 4.79 Å². The molecule has 2 fully saturated rings. The van der Waals surface area contributed by atoms with Gasteiger partial charge in [0.25, 0.3) is 5.91 Å². The van der Waals surface area contributed by atoms with Crippen molar-refractivity contribution in [3.8, 4) is 5.75 Å². The second-order valence-electron chi connectivity index (χ2n) is 5.15. The van der Waals surface area contributed by atoms with Crippen molar-refractivity contribution in [2.45, 2.75) is 24.5 Å². The lowest BCUT2D eigenvalue weighted by molar-refractivity contribution is -0.125. The summed E-state index contributed by atoms with van der Waals surface area (Å²) in [5.74, 6) is -0.895. The molecular formula is C13H12Cl2N2O4. The molecule has 1 aromatic rings. The third-order valence-electron chi connectivity index (χ3n) is 3.95. The maximum atomic E-state index is 11.8. The van der Waals surface area contributed by atoms with Crippen LogP contribution in [-0.4, -0.2) is 40.7 Å². The van der Waals surface area contributed by atoms with E-state index in [0.29, 0.717) is 23.6 Å².